The molecule has 21 nitrogen and oxygen atoms in total. The van der Waals surface area contributed by atoms with Crippen molar-refractivity contribution < 1.29 is 56.6 Å². The van der Waals surface area contributed by atoms with E-state index in [4.69, 9.17) is 33.1 Å². The van der Waals surface area contributed by atoms with Crippen LogP contribution in [0.5, 0.6) is 0 Å². The van der Waals surface area contributed by atoms with Crippen molar-refractivity contribution in [3.63, 3.8) is 0 Å². The van der Waals surface area contributed by atoms with Gasteiger partial charge in [0, 0.05) is 83.1 Å². The summed E-state index contributed by atoms with van der Waals surface area (Å²) in [5.41, 5.74) is -3.30. The van der Waals surface area contributed by atoms with E-state index in [-0.39, 0.29) is 40.9 Å². The van der Waals surface area contributed by atoms with Gasteiger partial charge in [-0.25, -0.2) is 23.0 Å². The molecular weight excluding hydrogens is 1160 g/mol. The summed E-state index contributed by atoms with van der Waals surface area (Å²) in [5.74, 6) is 1.22. The lowest BCUT2D eigenvalue weighted by Crippen LogP contribution is -2.39. The van der Waals surface area contributed by atoms with E-state index in [0.29, 0.717) is 74.9 Å². The van der Waals surface area contributed by atoms with Gasteiger partial charge in [0.1, 0.15) is 12.2 Å². The molecule has 0 aromatic carbocycles. The van der Waals surface area contributed by atoms with E-state index < -0.39 is 85.7 Å². The first kappa shape index (κ1) is 80.7. The predicted molar refractivity (Wildman–Crippen MR) is 334 cm³/mol. The normalized spacial score (nSPS) is 21.2. The summed E-state index contributed by atoms with van der Waals surface area (Å²) < 4.78 is 70.0. The Morgan fingerprint density at radius 1 is 0.687 bits per heavy atom. The number of H-pyrrole nitrogens is 2. The highest BCUT2D eigenvalue weighted by Gasteiger charge is 2.49. The number of aromatic nitrogens is 4. The van der Waals surface area contributed by atoms with Crippen LogP contribution in [0.4, 0.5) is 8.78 Å². The largest absolute Gasteiger partial charge is 0.394 e. The summed E-state index contributed by atoms with van der Waals surface area (Å²) >= 11 is 2.54. The lowest BCUT2D eigenvalue weighted by Gasteiger charge is -2.37. The van der Waals surface area contributed by atoms with Crippen molar-refractivity contribution in [1.82, 2.24) is 33.8 Å². The fourth-order valence-corrected chi connectivity index (χ4v) is 11.0. The number of aliphatic hydroxyl groups excluding tert-OH is 2. The Hall–Kier alpha value is -2.32. The number of ether oxygens (including phenoxy) is 4. The SMILES string of the molecule is CC(C)(C)C(=O)SCCOCCO.CC(C)N(P)C(C)C.CC(C)NC(C)C.CC[C@H]1O[C@@H](n2ccc(=O)[nH]c2=O)[C@@H](F)C1O.CC[C@H]1O[C@@H](n2ccc(=O)[nH]c2=O)[C@@H](F)C1OP(OCCOCCSC(=O)C(C)(C)C)N(C(C)C)C(C)C. The van der Waals surface area contributed by atoms with E-state index in [2.05, 4.69) is 79.8 Å². The molecule has 0 aliphatic carbocycles. The molecule has 2 aliphatic heterocycles. The van der Waals surface area contributed by atoms with Crippen LogP contribution in [-0.4, -0.2) is 173 Å². The lowest BCUT2D eigenvalue weighted by molar-refractivity contribution is -0.118. The number of carbonyl (C=O) groups excluding carboxylic acids is 2. The van der Waals surface area contributed by atoms with Crippen molar-refractivity contribution >= 4 is 51.7 Å². The molecular formula is C56H105F2N7O14P2S2. The van der Waals surface area contributed by atoms with Gasteiger partial charge in [-0.3, -0.25) is 43.0 Å². The number of alkyl halides is 2. The highest BCUT2D eigenvalue weighted by molar-refractivity contribution is 8.14. The summed E-state index contributed by atoms with van der Waals surface area (Å²) in [6, 6.07) is 4.89. The number of nitrogens with one attached hydrogen (secondary N) is 3. The maximum absolute atomic E-state index is 15.7. The number of thioether (sulfide) groups is 2. The Morgan fingerprint density at radius 3 is 1.42 bits per heavy atom. The first-order chi connectivity index (χ1) is 38.5. The van der Waals surface area contributed by atoms with Crippen LogP contribution < -0.4 is 27.8 Å². The zero-order valence-electron chi connectivity index (χ0n) is 53.1. The molecule has 0 amide bonds. The Balaban J connectivity index is 0.00000122. The molecule has 0 radical (unpaired) electrons. The monoisotopic (exact) mass is 1260 g/mol. The standard InChI is InChI=1S/C25H43FN3O7PS.C10H13FN2O4.C9H18O3S.C6H16NP.C6H15N/c1-9-18-21(20(26)22(35-18)28-11-10-19(30)27-24(28)32)36-37(29(16(2)3)17(4)5)34-13-12-33-14-15-38-23(31)25(6,7)8;1-2-5-8(15)7(11)9(17-5)13-4-3-6(14)12-10(13)16;1-9(2,3)8(11)13-7-6-12-5-4-10;1-5(2)7(8)6(3)4;1-5(2)7-6(3)4/h10-11,16-18,20-22H,9,12-15H2,1-8H3,(H,27,30,32);3-5,7-9,15H,2H2,1H3,(H,12,14,16);10H,4-7H2,1-3H3;5-6H,8H2,1-4H3;5-7H,1-4H3/t18-,20+,21?,22-,37?;5-,7+,8?,9-;;;/m11.../s1. The number of aliphatic hydroxyl groups is 2. The Kier molecular flexibility index (Phi) is 39.9. The number of rotatable bonds is 25. The van der Waals surface area contributed by atoms with Crippen LogP contribution in [-0.2, 0) is 37.6 Å². The van der Waals surface area contributed by atoms with Crippen molar-refractivity contribution in [3.05, 3.63) is 66.2 Å². The minimum atomic E-state index is -1.70. The van der Waals surface area contributed by atoms with Gasteiger partial charge in [0.25, 0.3) is 19.6 Å². The molecule has 2 aliphatic rings. The number of hydrogen-bond acceptors (Lipinski definition) is 19. The highest BCUT2D eigenvalue weighted by atomic mass is 32.2. The molecule has 2 aromatic heterocycles. The maximum Gasteiger partial charge on any atom is 0.330 e. The minimum Gasteiger partial charge on any atom is -0.394 e. The Labute approximate surface area is 504 Å². The smallest absolute Gasteiger partial charge is 0.330 e. The molecule has 4 unspecified atom stereocenters. The average Bonchev–Trinajstić information content (AvgIpc) is 3.84. The molecule has 27 heteroatoms. The van der Waals surface area contributed by atoms with Crippen molar-refractivity contribution in [2.45, 2.75) is 237 Å². The fourth-order valence-electron chi connectivity index (χ4n) is 7.65. The van der Waals surface area contributed by atoms with E-state index in [1.165, 1.54) is 29.7 Å². The quantitative estimate of drug-likeness (QED) is 0.0462. The summed E-state index contributed by atoms with van der Waals surface area (Å²) in [6.45, 7) is 42.2. The Morgan fingerprint density at radius 2 is 1.10 bits per heavy atom. The third-order valence-electron chi connectivity index (χ3n) is 11.7. The van der Waals surface area contributed by atoms with Gasteiger partial charge >= 0.3 is 11.4 Å². The van der Waals surface area contributed by atoms with E-state index in [1.54, 1.807) is 6.92 Å². The molecule has 484 valence electrons. The molecule has 0 saturated carbocycles. The molecule has 0 bridgehead atoms. The zero-order valence-corrected chi connectivity index (χ0v) is 56.8. The van der Waals surface area contributed by atoms with Gasteiger partial charge in [-0.2, -0.15) is 0 Å². The molecule has 4 rings (SSSR count). The molecule has 0 spiro atoms. The van der Waals surface area contributed by atoms with Crippen LogP contribution in [0.1, 0.15) is 164 Å². The second-order valence-corrected chi connectivity index (χ2v) is 27.5. The minimum absolute atomic E-state index is 0.0396. The van der Waals surface area contributed by atoms with Crippen LogP contribution in [0.2, 0.25) is 0 Å². The number of hydrogen-bond donors (Lipinski definition) is 5. The van der Waals surface area contributed by atoms with E-state index >= 15 is 4.39 Å². The lowest BCUT2D eigenvalue weighted by atomic mass is 9.99. The maximum atomic E-state index is 15.7. The topological polar surface area (TPSA) is 258 Å². The van der Waals surface area contributed by atoms with Gasteiger partial charge in [0.15, 0.2) is 35.0 Å². The van der Waals surface area contributed by atoms with Crippen LogP contribution in [0, 0.1) is 10.8 Å². The van der Waals surface area contributed by atoms with Crippen LogP contribution in [0.25, 0.3) is 0 Å². The molecule has 2 saturated heterocycles. The summed E-state index contributed by atoms with van der Waals surface area (Å²) in [4.78, 5) is 73.6. The second kappa shape index (κ2) is 41.0. The average molecular weight is 1260 g/mol. The number of nitrogens with zero attached hydrogens (tertiary/aromatic N) is 4. The number of aromatic amines is 2. The second-order valence-electron chi connectivity index (χ2n) is 23.4. The predicted octanol–water partition coefficient (Wildman–Crippen LogP) is 8.38. The van der Waals surface area contributed by atoms with Crippen molar-refractivity contribution in [2.24, 2.45) is 10.8 Å². The first-order valence-corrected chi connectivity index (χ1v) is 32.3. The van der Waals surface area contributed by atoms with E-state index in [0.717, 1.165) is 27.5 Å². The molecule has 10 atom stereocenters. The highest BCUT2D eigenvalue weighted by Crippen LogP contribution is 2.50. The van der Waals surface area contributed by atoms with E-state index in [9.17, 15) is 38.3 Å². The number of halogens is 2. The number of carbonyl (C=O) groups is 2. The van der Waals surface area contributed by atoms with Crippen LogP contribution >= 0.6 is 41.4 Å². The third-order valence-corrected chi connectivity index (χ3v) is 17.6. The zero-order chi connectivity index (χ0) is 64.1. The van der Waals surface area contributed by atoms with Crippen molar-refractivity contribution in [3.8, 4) is 0 Å². The van der Waals surface area contributed by atoms with Gasteiger partial charge < -0.3 is 43.5 Å². The van der Waals surface area contributed by atoms with Crippen LogP contribution in [0.15, 0.2) is 43.7 Å². The summed E-state index contributed by atoms with van der Waals surface area (Å²) in [6.07, 6.45) is -5.99. The van der Waals surface area contributed by atoms with Gasteiger partial charge in [-0.1, -0.05) is 116 Å². The third kappa shape index (κ3) is 30.9. The first-order valence-electron chi connectivity index (χ1n) is 28.7. The fraction of sp³-hybridized carbons (Fsp3) is 0.821. The Bertz CT molecular complexity index is 2330. The molecule has 83 heavy (non-hydrogen) atoms. The van der Waals surface area contributed by atoms with Gasteiger partial charge in [0.05, 0.1) is 51.8 Å². The van der Waals surface area contributed by atoms with Crippen molar-refractivity contribution in [2.75, 3.05) is 51.1 Å². The van der Waals surface area contributed by atoms with Crippen molar-refractivity contribution in [1.29, 1.82) is 0 Å². The molecule has 2 fully saturated rings. The van der Waals surface area contributed by atoms with Crippen LogP contribution in [0.3, 0.4) is 0 Å². The molecule has 4 heterocycles. The summed E-state index contributed by atoms with van der Waals surface area (Å²) in [5, 5.41) is 21.6. The summed E-state index contributed by atoms with van der Waals surface area (Å²) in [7, 11) is 1.03. The van der Waals surface area contributed by atoms with Gasteiger partial charge in [-0.15, -0.1) is 0 Å². The van der Waals surface area contributed by atoms with Gasteiger partial charge in [-0.05, 0) is 68.2 Å². The molecule has 5 N–H and O–H groups in total. The van der Waals surface area contributed by atoms with Gasteiger partial charge in [0.2, 0.25) is 0 Å². The van der Waals surface area contributed by atoms with E-state index in [1.807, 2.05) is 85.8 Å². The molecule has 2 aromatic rings.